The Morgan fingerprint density at radius 2 is 0.846 bits per heavy atom. The third kappa shape index (κ3) is 17.9. The first-order chi connectivity index (χ1) is 58.4. The van der Waals surface area contributed by atoms with E-state index in [9.17, 15) is 71.9 Å². The molecule has 0 spiro atoms. The van der Waals surface area contributed by atoms with Gasteiger partial charge in [0.25, 0.3) is 29.5 Å². The predicted molar refractivity (Wildman–Crippen MR) is 460 cm³/mol. The van der Waals surface area contributed by atoms with Gasteiger partial charge in [0.15, 0.2) is 28.9 Å². The molecule has 15 amide bonds. The van der Waals surface area contributed by atoms with Crippen LogP contribution in [0, 0.1) is 36.5 Å². The fraction of sp³-hybridized carbons (Fsp3) is 0.453. The summed E-state index contributed by atoms with van der Waals surface area (Å²) in [5, 5.41) is 0. The zero-order chi connectivity index (χ0) is 89.4. The molecule has 4 aliphatic carbocycles. The average molecular weight is 1680 g/mol. The van der Waals surface area contributed by atoms with E-state index in [1.807, 2.05) is 65.1 Å². The van der Waals surface area contributed by atoms with Crippen molar-refractivity contribution in [2.75, 3.05) is 75.1 Å². The standard InChI is InChI=1S/C21H22N2O4.C19H24N2O3.C19H22N2O3.C18H25N3O3.C18H21N3O3/c1-14-10-11-18(27-4)16(12-14)21(2)19(25)23(20(26)22(21)3)13-17(24)15-8-6-5-7-9-15;1-13-9-10-15(11-13)19(2)17(23)21(18(24)20(19)3)12-16(22)14-7-5-4-6-8-14;1-19(15-11-7-4-8-12-15)17(23)21(18(24)20(19)2)13-16(22)14-9-5-3-6-10-14;1-18(14-7-5-4-6-8-14)16(23)21(17(24)20(18)3)12-15(22)13-9-10-19(2)11-13;1-18(14-8-4-3-5-9-14)16(23)21(17(24)20(18)2)12-15(22)13-7-6-10-19-11-13/h5-12H,13H2,1-4H3;4-8,13,15H,9-12H2,1-3H3;3-7,9-10,15H,8,11-13H2,1-2H3;9-11,14H,4-8,12H2,1-3H3;4,6-8,10-11,14H,3,5,9,12H2,1-2H3. The molecule has 6 aromatic rings. The summed E-state index contributed by atoms with van der Waals surface area (Å²) in [4.78, 5) is 207. The van der Waals surface area contributed by atoms with Crippen molar-refractivity contribution in [1.82, 2.24) is 58.6 Å². The van der Waals surface area contributed by atoms with Crippen LogP contribution in [0.15, 0.2) is 176 Å². The Morgan fingerprint density at radius 1 is 0.415 bits per heavy atom. The summed E-state index contributed by atoms with van der Waals surface area (Å²) in [5.41, 5.74) is -0.763. The highest BCUT2D eigenvalue weighted by Gasteiger charge is 2.62. The highest BCUT2D eigenvalue weighted by atomic mass is 16.5. The van der Waals surface area contributed by atoms with E-state index >= 15 is 0 Å². The lowest BCUT2D eigenvalue weighted by molar-refractivity contribution is -0.135. The summed E-state index contributed by atoms with van der Waals surface area (Å²) in [7, 11) is 11.6. The number of carbonyl (C=O) groups is 15. The third-order valence-electron chi connectivity index (χ3n) is 27.2. The quantitative estimate of drug-likeness (QED) is 0.0367. The van der Waals surface area contributed by atoms with Crippen LogP contribution in [0.3, 0.4) is 0 Å². The summed E-state index contributed by atoms with van der Waals surface area (Å²) >= 11 is 0. The second-order valence-electron chi connectivity index (χ2n) is 34.4. The van der Waals surface area contributed by atoms with Crippen LogP contribution in [-0.4, -0.2) is 244 Å². The van der Waals surface area contributed by atoms with Crippen molar-refractivity contribution in [3.05, 3.63) is 215 Å². The van der Waals surface area contributed by atoms with E-state index in [4.69, 9.17) is 4.74 Å². The van der Waals surface area contributed by atoms with Crippen LogP contribution in [0.25, 0.3) is 0 Å². The SMILES string of the molecule is CC1CCC(C2(C)C(=O)N(CC(=O)c3ccccc3)C(=O)N2C)C1.CN1C(=O)N(CC(=O)c2ccccc2)C(=O)C1(C)C1CC=CCC1.CN1C(=O)N(CC(=O)c2cccnc2)C(=O)C1(C)C1C=CCCC1.CN1C(=O)N(CC(=O)c2ccn(C)c2)C(=O)C1(C)C1CCCCC1.COc1ccc(C)cc1C1(C)C(=O)N(CC(=O)c2ccccc2)C(=O)N1C. The molecule has 28 nitrogen and oxygen atoms in total. The third-order valence-corrected chi connectivity index (χ3v) is 27.2. The Hall–Kier alpha value is -12.4. The number of urea groups is 5. The van der Waals surface area contributed by atoms with Crippen molar-refractivity contribution in [3.63, 3.8) is 0 Å². The van der Waals surface area contributed by atoms with Gasteiger partial charge in [-0.05, 0) is 160 Å². The van der Waals surface area contributed by atoms with Crippen LogP contribution in [0.4, 0.5) is 24.0 Å². The molecule has 15 rings (SSSR count). The molecule has 0 radical (unpaired) electrons. The van der Waals surface area contributed by atoms with Crippen molar-refractivity contribution in [1.29, 1.82) is 0 Å². The molecule has 0 N–H and O–H groups in total. The van der Waals surface area contributed by atoms with E-state index < -0.39 is 45.7 Å². The number of rotatable bonds is 21. The van der Waals surface area contributed by atoms with Gasteiger partial charge in [-0.15, -0.1) is 0 Å². The molecule has 0 bridgehead atoms. The van der Waals surface area contributed by atoms with E-state index in [-0.39, 0.29) is 127 Å². The highest BCUT2D eigenvalue weighted by Crippen LogP contribution is 2.47. The Morgan fingerprint density at radius 3 is 1.26 bits per heavy atom. The molecule has 2 saturated carbocycles. The maximum atomic E-state index is 13.3. The smallest absolute Gasteiger partial charge is 0.328 e. The number of ketones is 5. The van der Waals surface area contributed by atoms with Crippen molar-refractivity contribution >= 4 is 88.6 Å². The molecule has 650 valence electrons. The van der Waals surface area contributed by atoms with Gasteiger partial charge in [0.1, 0.15) is 33.4 Å². The second kappa shape index (κ2) is 38.0. The van der Waals surface area contributed by atoms with Gasteiger partial charge < -0.3 is 33.8 Å². The van der Waals surface area contributed by atoms with E-state index in [1.165, 1.54) is 39.3 Å². The predicted octanol–water partition coefficient (Wildman–Crippen LogP) is 13.5. The minimum atomic E-state index is -1.24. The van der Waals surface area contributed by atoms with Crippen LogP contribution < -0.4 is 4.74 Å². The molecule has 7 fully saturated rings. The number of benzene rings is 4. The van der Waals surface area contributed by atoms with E-state index in [0.717, 1.165) is 114 Å². The van der Waals surface area contributed by atoms with Gasteiger partial charge in [0.2, 0.25) is 0 Å². The Balaban J connectivity index is 0.000000150. The fourth-order valence-corrected chi connectivity index (χ4v) is 18.6. The van der Waals surface area contributed by atoms with Crippen LogP contribution >= 0.6 is 0 Å². The highest BCUT2D eigenvalue weighted by molar-refractivity contribution is 6.15. The first-order valence-corrected chi connectivity index (χ1v) is 42.2. The van der Waals surface area contributed by atoms with Gasteiger partial charge in [-0.25, -0.2) is 24.0 Å². The molecule has 5 aliphatic heterocycles. The normalized spacial score (nSPS) is 25.7. The number of hydrogen-bond acceptors (Lipinski definition) is 17. The number of aromatic nitrogens is 2. The molecule has 9 aliphatic rings. The fourth-order valence-electron chi connectivity index (χ4n) is 18.6. The van der Waals surface area contributed by atoms with Crippen molar-refractivity contribution in [3.8, 4) is 5.75 Å². The van der Waals surface area contributed by atoms with Gasteiger partial charge in [-0.3, -0.25) is 77.4 Å². The van der Waals surface area contributed by atoms with Gasteiger partial charge >= 0.3 is 30.2 Å². The van der Waals surface area contributed by atoms with E-state index in [1.54, 1.807) is 180 Å². The average Bonchev–Trinajstić information content (AvgIpc) is 1.65. The summed E-state index contributed by atoms with van der Waals surface area (Å²) in [6.45, 7) is 12.0. The number of imide groups is 5. The Labute approximate surface area is 719 Å². The zero-order valence-electron chi connectivity index (χ0n) is 73.0. The number of nitrogens with zero attached hydrogens (tertiary/aromatic N) is 12. The monoisotopic (exact) mass is 1680 g/mol. The van der Waals surface area contributed by atoms with Crippen molar-refractivity contribution in [2.45, 2.75) is 166 Å². The number of Topliss-reactive ketones (excluding diaryl/α,β-unsaturated/α-hetero) is 5. The van der Waals surface area contributed by atoms with Gasteiger partial charge in [0.05, 0.1) is 39.8 Å². The lowest BCUT2D eigenvalue weighted by Crippen LogP contribution is -2.52. The van der Waals surface area contributed by atoms with Crippen LogP contribution in [0.2, 0.25) is 0 Å². The summed E-state index contributed by atoms with van der Waals surface area (Å²) in [5.74, 6) is -1.21. The number of methoxy groups -OCH3 is 1. The molecule has 123 heavy (non-hydrogen) atoms. The van der Waals surface area contributed by atoms with E-state index in [0.29, 0.717) is 45.0 Å². The number of allylic oxidation sites excluding steroid dienone is 3. The minimum absolute atomic E-state index is 0.0220. The molecule has 4 aromatic carbocycles. The molecule has 28 heteroatoms. The minimum Gasteiger partial charge on any atom is -0.496 e. The Bertz CT molecular complexity index is 5110. The number of ether oxygens (including phenoxy) is 1. The molecular weight excluding hydrogens is 1570 g/mol. The van der Waals surface area contributed by atoms with Gasteiger partial charge in [0, 0.05) is 106 Å². The molecule has 2 aromatic heterocycles. The zero-order valence-corrected chi connectivity index (χ0v) is 73.0. The molecule has 5 saturated heterocycles. The lowest BCUT2D eigenvalue weighted by atomic mass is 9.75. The first-order valence-electron chi connectivity index (χ1n) is 42.2. The number of likely N-dealkylation sites (N-methyl/N-ethyl adjacent to an activating group) is 5. The largest absolute Gasteiger partial charge is 0.496 e. The molecule has 9 unspecified atom stereocenters. The van der Waals surface area contributed by atoms with E-state index in [2.05, 4.69) is 30.1 Å². The number of amides is 15. The topological polar surface area (TPSA) is 316 Å². The number of hydrogen-bond donors (Lipinski definition) is 0. The Kier molecular flexibility index (Phi) is 28.2. The molecule has 9 atom stereocenters. The summed E-state index contributed by atoms with van der Waals surface area (Å²) in [6.07, 6.45) is 28.5. The number of pyridine rings is 1. The maximum absolute atomic E-state index is 13.3. The lowest BCUT2D eigenvalue weighted by Gasteiger charge is -2.38. The molecular formula is C95H114N12O16. The number of carbonyl (C=O) groups excluding carboxylic acids is 15. The van der Waals surface area contributed by atoms with Crippen LogP contribution in [-0.2, 0) is 36.6 Å². The number of aryl methyl sites for hydroxylation is 2. The second-order valence-corrected chi connectivity index (χ2v) is 34.4. The van der Waals surface area contributed by atoms with Crippen molar-refractivity contribution < 1.29 is 76.7 Å². The first kappa shape index (κ1) is 91.4. The van der Waals surface area contributed by atoms with Gasteiger partial charge in [-0.2, -0.15) is 0 Å². The van der Waals surface area contributed by atoms with Crippen LogP contribution in [0.1, 0.15) is 194 Å². The van der Waals surface area contributed by atoms with Crippen LogP contribution in [0.5, 0.6) is 5.75 Å². The summed E-state index contributed by atoms with van der Waals surface area (Å²) < 4.78 is 7.20. The molecule has 7 heterocycles. The summed E-state index contributed by atoms with van der Waals surface area (Å²) in [6, 6.07) is 34.6. The van der Waals surface area contributed by atoms with Gasteiger partial charge in [-0.1, -0.05) is 160 Å². The maximum Gasteiger partial charge on any atom is 0.328 e. The van der Waals surface area contributed by atoms with Crippen molar-refractivity contribution in [2.24, 2.45) is 36.6 Å².